The van der Waals surface area contributed by atoms with Gasteiger partial charge in [0.2, 0.25) is 5.65 Å². The van der Waals surface area contributed by atoms with Crippen molar-refractivity contribution < 1.29 is 4.74 Å². The first-order valence-corrected chi connectivity index (χ1v) is 8.20. The number of para-hydroxylation sites is 1. The third kappa shape index (κ3) is 2.46. The standard InChI is InChI=1S/C17H20N6O/c1-12-7-8-14(13-5-3-4-6-15(13)24-2)22(11-12)16-17-19-20-21-23(17)10-9-18-16/h3-6,9-10,12,14H,7-8,11H2,1-2H3/t12-,14+/m0/s1. The van der Waals surface area contributed by atoms with Crippen LogP contribution in [0.4, 0.5) is 5.82 Å². The number of tetrazole rings is 1. The van der Waals surface area contributed by atoms with Crippen LogP contribution in [0.1, 0.15) is 31.4 Å². The molecule has 0 N–H and O–H groups in total. The molecule has 0 aliphatic carbocycles. The van der Waals surface area contributed by atoms with E-state index in [0.717, 1.165) is 24.5 Å². The summed E-state index contributed by atoms with van der Waals surface area (Å²) in [6, 6.07) is 8.40. The van der Waals surface area contributed by atoms with Gasteiger partial charge in [-0.15, -0.1) is 5.10 Å². The molecule has 0 amide bonds. The molecule has 124 valence electrons. The van der Waals surface area contributed by atoms with Crippen molar-refractivity contribution >= 4 is 11.5 Å². The summed E-state index contributed by atoms with van der Waals surface area (Å²) >= 11 is 0. The van der Waals surface area contributed by atoms with Crippen molar-refractivity contribution in [2.24, 2.45) is 5.92 Å². The minimum atomic E-state index is 0.202. The lowest BCUT2D eigenvalue weighted by molar-refractivity contribution is 0.360. The lowest BCUT2D eigenvalue weighted by atomic mass is 9.89. The molecule has 0 unspecified atom stereocenters. The predicted octanol–water partition coefficient (Wildman–Crippen LogP) is 2.51. The predicted molar refractivity (Wildman–Crippen MR) is 90.1 cm³/mol. The van der Waals surface area contributed by atoms with E-state index in [1.807, 2.05) is 12.1 Å². The Hall–Kier alpha value is -2.70. The van der Waals surface area contributed by atoms with Crippen molar-refractivity contribution in [3.05, 3.63) is 42.2 Å². The van der Waals surface area contributed by atoms with E-state index in [2.05, 4.69) is 44.5 Å². The zero-order valence-electron chi connectivity index (χ0n) is 13.8. The van der Waals surface area contributed by atoms with Crippen molar-refractivity contribution in [2.45, 2.75) is 25.8 Å². The van der Waals surface area contributed by atoms with Crippen molar-refractivity contribution in [2.75, 3.05) is 18.6 Å². The maximum absolute atomic E-state index is 5.59. The normalized spacial score (nSPS) is 21.2. The minimum Gasteiger partial charge on any atom is -0.496 e. The Kier molecular flexibility index (Phi) is 3.76. The summed E-state index contributed by atoms with van der Waals surface area (Å²) < 4.78 is 7.26. The average molecular weight is 324 g/mol. The van der Waals surface area contributed by atoms with Gasteiger partial charge in [-0.3, -0.25) is 0 Å². The number of aromatic nitrogens is 5. The van der Waals surface area contributed by atoms with E-state index >= 15 is 0 Å². The molecule has 1 saturated heterocycles. The van der Waals surface area contributed by atoms with Crippen LogP contribution in [0.25, 0.3) is 5.65 Å². The maximum Gasteiger partial charge on any atom is 0.222 e. The Balaban J connectivity index is 1.82. The van der Waals surface area contributed by atoms with Crippen LogP contribution in [0.3, 0.4) is 0 Å². The third-order valence-corrected chi connectivity index (χ3v) is 4.68. The fraction of sp³-hybridized carbons (Fsp3) is 0.412. The summed E-state index contributed by atoms with van der Waals surface area (Å²) in [5, 5.41) is 11.9. The Bertz CT molecular complexity index is 848. The van der Waals surface area contributed by atoms with E-state index < -0.39 is 0 Å². The van der Waals surface area contributed by atoms with Gasteiger partial charge in [0.25, 0.3) is 0 Å². The molecule has 1 aliphatic heterocycles. The number of methoxy groups -OCH3 is 1. The molecular weight excluding hydrogens is 304 g/mol. The summed E-state index contributed by atoms with van der Waals surface area (Å²) in [5.41, 5.74) is 1.87. The second-order valence-corrected chi connectivity index (χ2v) is 6.29. The second kappa shape index (κ2) is 6.07. The van der Waals surface area contributed by atoms with E-state index in [1.165, 1.54) is 12.0 Å². The lowest BCUT2D eigenvalue weighted by Gasteiger charge is -2.40. The molecule has 24 heavy (non-hydrogen) atoms. The summed E-state index contributed by atoms with van der Waals surface area (Å²) in [5.74, 6) is 2.33. The molecule has 0 radical (unpaired) electrons. The van der Waals surface area contributed by atoms with E-state index in [1.54, 1.807) is 24.0 Å². The molecule has 3 aromatic rings. The SMILES string of the molecule is COc1ccccc1[C@H]1CC[C@H](C)CN1c1nccn2nnnc12. The molecule has 1 aliphatic rings. The number of hydrogen-bond acceptors (Lipinski definition) is 6. The molecule has 7 nitrogen and oxygen atoms in total. The number of fused-ring (bicyclic) bond motifs is 1. The minimum absolute atomic E-state index is 0.202. The molecule has 0 saturated carbocycles. The number of rotatable bonds is 3. The van der Waals surface area contributed by atoms with Crippen molar-refractivity contribution in [1.82, 2.24) is 25.0 Å². The van der Waals surface area contributed by atoms with E-state index in [4.69, 9.17) is 4.74 Å². The molecule has 7 heteroatoms. The van der Waals surface area contributed by atoms with Gasteiger partial charge < -0.3 is 9.64 Å². The Labute approximate surface area is 140 Å². The van der Waals surface area contributed by atoms with Gasteiger partial charge >= 0.3 is 0 Å². The number of hydrogen-bond donors (Lipinski definition) is 0. The average Bonchev–Trinajstić information content (AvgIpc) is 3.10. The van der Waals surface area contributed by atoms with Crippen LogP contribution in [0.15, 0.2) is 36.7 Å². The van der Waals surface area contributed by atoms with E-state index in [-0.39, 0.29) is 6.04 Å². The van der Waals surface area contributed by atoms with Gasteiger partial charge in [0.05, 0.1) is 19.3 Å². The van der Waals surface area contributed by atoms with Gasteiger partial charge in [-0.25, -0.2) is 4.98 Å². The van der Waals surface area contributed by atoms with Crippen molar-refractivity contribution in [3.63, 3.8) is 0 Å². The summed E-state index contributed by atoms with van der Waals surface area (Å²) in [7, 11) is 1.72. The summed E-state index contributed by atoms with van der Waals surface area (Å²) in [4.78, 5) is 6.91. The van der Waals surface area contributed by atoms with Crippen LogP contribution < -0.4 is 9.64 Å². The summed E-state index contributed by atoms with van der Waals surface area (Å²) in [6.45, 7) is 3.19. The first-order valence-electron chi connectivity index (χ1n) is 8.20. The Morgan fingerprint density at radius 2 is 2.08 bits per heavy atom. The molecule has 2 atom stereocenters. The smallest absolute Gasteiger partial charge is 0.222 e. The molecule has 4 rings (SSSR count). The first kappa shape index (κ1) is 14.9. The zero-order valence-corrected chi connectivity index (χ0v) is 13.8. The van der Waals surface area contributed by atoms with Crippen molar-refractivity contribution in [1.29, 1.82) is 0 Å². The molecule has 0 bridgehead atoms. The Morgan fingerprint density at radius 3 is 2.96 bits per heavy atom. The highest BCUT2D eigenvalue weighted by molar-refractivity contribution is 5.64. The Morgan fingerprint density at radius 1 is 1.21 bits per heavy atom. The van der Waals surface area contributed by atoms with Gasteiger partial charge in [0.15, 0.2) is 5.82 Å². The lowest BCUT2D eigenvalue weighted by Crippen LogP contribution is -2.38. The van der Waals surface area contributed by atoms with Crippen LogP contribution in [-0.2, 0) is 0 Å². The van der Waals surface area contributed by atoms with Crippen LogP contribution in [-0.4, -0.2) is 38.7 Å². The van der Waals surface area contributed by atoms with E-state index in [9.17, 15) is 0 Å². The fourth-order valence-corrected chi connectivity index (χ4v) is 3.52. The maximum atomic E-state index is 5.59. The number of anilines is 1. The summed E-state index contributed by atoms with van der Waals surface area (Å²) in [6.07, 6.45) is 5.74. The zero-order chi connectivity index (χ0) is 16.5. The number of nitrogens with zero attached hydrogens (tertiary/aromatic N) is 6. The van der Waals surface area contributed by atoms with Crippen LogP contribution in [0.5, 0.6) is 5.75 Å². The third-order valence-electron chi connectivity index (χ3n) is 4.68. The topological polar surface area (TPSA) is 68.4 Å². The second-order valence-electron chi connectivity index (χ2n) is 6.29. The highest BCUT2D eigenvalue weighted by atomic mass is 16.5. The quantitative estimate of drug-likeness (QED) is 0.737. The van der Waals surface area contributed by atoms with Crippen LogP contribution in [0.2, 0.25) is 0 Å². The highest BCUT2D eigenvalue weighted by Crippen LogP contribution is 2.40. The van der Waals surface area contributed by atoms with E-state index in [0.29, 0.717) is 11.6 Å². The fourth-order valence-electron chi connectivity index (χ4n) is 3.52. The monoisotopic (exact) mass is 324 g/mol. The number of benzene rings is 1. The molecule has 2 aromatic heterocycles. The molecule has 1 aromatic carbocycles. The van der Waals surface area contributed by atoms with Crippen molar-refractivity contribution in [3.8, 4) is 5.75 Å². The van der Waals surface area contributed by atoms with Gasteiger partial charge in [0, 0.05) is 18.3 Å². The van der Waals surface area contributed by atoms with Gasteiger partial charge in [-0.1, -0.05) is 25.1 Å². The molecule has 3 heterocycles. The van der Waals surface area contributed by atoms with Gasteiger partial charge in [-0.05, 0) is 35.3 Å². The highest BCUT2D eigenvalue weighted by Gasteiger charge is 2.31. The molecular formula is C17H20N6O. The molecule has 1 fully saturated rings. The van der Waals surface area contributed by atoms with Gasteiger partial charge in [-0.2, -0.15) is 4.52 Å². The number of ether oxygens (including phenoxy) is 1. The van der Waals surface area contributed by atoms with Crippen LogP contribution in [0, 0.1) is 5.92 Å². The van der Waals surface area contributed by atoms with Gasteiger partial charge in [0.1, 0.15) is 5.75 Å². The number of piperidine rings is 1. The first-order chi connectivity index (χ1) is 11.8. The molecule has 0 spiro atoms. The largest absolute Gasteiger partial charge is 0.496 e. The van der Waals surface area contributed by atoms with Crippen LogP contribution >= 0.6 is 0 Å².